The second-order valence-corrected chi connectivity index (χ2v) is 6.58. The van der Waals surface area contributed by atoms with Crippen LogP contribution in [-0.4, -0.2) is 41.1 Å². The largest absolute Gasteiger partial charge is 0.440 e. The van der Waals surface area contributed by atoms with E-state index >= 15 is 0 Å². The van der Waals surface area contributed by atoms with Crippen LogP contribution >= 0.6 is 0 Å². The molecule has 1 fully saturated rings. The van der Waals surface area contributed by atoms with Gasteiger partial charge in [-0.25, -0.2) is 4.79 Å². The predicted molar refractivity (Wildman–Crippen MR) is 97.5 cm³/mol. The average Bonchev–Trinajstić information content (AvgIpc) is 2.92. The summed E-state index contributed by atoms with van der Waals surface area (Å²) in [5.41, 5.74) is -2.25. The third kappa shape index (κ3) is 4.23. The van der Waals surface area contributed by atoms with Gasteiger partial charge in [0.1, 0.15) is 0 Å². The summed E-state index contributed by atoms with van der Waals surface area (Å²) in [7, 11) is 0. The molecule has 0 aliphatic carbocycles. The summed E-state index contributed by atoms with van der Waals surface area (Å²) in [6.07, 6.45) is -5.40. The van der Waals surface area contributed by atoms with Crippen molar-refractivity contribution in [3.63, 3.8) is 0 Å². The fourth-order valence-electron chi connectivity index (χ4n) is 3.05. The highest BCUT2D eigenvalue weighted by Crippen LogP contribution is 2.34. The molecule has 4 amide bonds. The first-order chi connectivity index (χ1) is 13.7. The Hall–Kier alpha value is -3.36. The summed E-state index contributed by atoms with van der Waals surface area (Å²) in [6, 6.07) is 15.6. The Morgan fingerprint density at radius 1 is 0.966 bits per heavy atom. The second-order valence-electron chi connectivity index (χ2n) is 6.58. The zero-order valence-electron chi connectivity index (χ0n) is 15.2. The number of alkyl halides is 3. The van der Waals surface area contributed by atoms with Gasteiger partial charge in [-0.15, -0.1) is 0 Å². The molecule has 0 saturated carbocycles. The smallest absolute Gasteiger partial charge is 0.318 e. The topological polar surface area (TPSA) is 78.5 Å². The molecule has 1 atom stereocenters. The lowest BCUT2D eigenvalue weighted by atomic mass is 10.1. The number of rotatable bonds is 6. The van der Waals surface area contributed by atoms with Crippen LogP contribution in [0.3, 0.4) is 0 Å². The van der Waals surface area contributed by atoms with Gasteiger partial charge in [-0.2, -0.15) is 13.2 Å². The Morgan fingerprint density at radius 2 is 1.52 bits per heavy atom. The number of halogens is 3. The summed E-state index contributed by atoms with van der Waals surface area (Å²) < 4.78 is 41.4. The van der Waals surface area contributed by atoms with E-state index in [2.05, 4.69) is 0 Å². The van der Waals surface area contributed by atoms with Crippen molar-refractivity contribution in [3.05, 3.63) is 71.8 Å². The molecule has 2 aromatic carbocycles. The number of urea groups is 1. The minimum absolute atomic E-state index is 0.186. The molecule has 2 N–H and O–H groups in total. The molecule has 3 rings (SSSR count). The Morgan fingerprint density at radius 3 is 2.07 bits per heavy atom. The van der Waals surface area contributed by atoms with Gasteiger partial charge in [0.2, 0.25) is 5.91 Å². The van der Waals surface area contributed by atoms with Gasteiger partial charge in [0.25, 0.3) is 11.6 Å². The van der Waals surface area contributed by atoms with Crippen molar-refractivity contribution in [1.82, 2.24) is 15.5 Å². The minimum atomic E-state index is -5.21. The molecule has 1 saturated heterocycles. The monoisotopic (exact) mass is 405 g/mol. The van der Waals surface area contributed by atoms with Crippen molar-refractivity contribution >= 4 is 17.8 Å². The fraction of sp³-hybridized carbons (Fsp3) is 0.250. The zero-order valence-corrected chi connectivity index (χ0v) is 15.2. The number of imide groups is 1. The Balaban J connectivity index is 1.77. The molecular formula is C20H18F3N3O3. The Bertz CT molecular complexity index is 903. The third-order valence-corrected chi connectivity index (χ3v) is 4.53. The van der Waals surface area contributed by atoms with Crippen LogP contribution in [0.15, 0.2) is 60.7 Å². The molecule has 6 nitrogen and oxygen atoms in total. The summed E-state index contributed by atoms with van der Waals surface area (Å²) in [4.78, 5) is 37.5. The predicted octanol–water partition coefficient (Wildman–Crippen LogP) is 2.40. The first-order valence-electron chi connectivity index (χ1n) is 8.82. The lowest BCUT2D eigenvalue weighted by Crippen LogP contribution is -2.69. The van der Waals surface area contributed by atoms with E-state index in [1.54, 1.807) is 71.3 Å². The Labute approximate surface area is 164 Å². The van der Waals surface area contributed by atoms with Crippen molar-refractivity contribution in [3.8, 4) is 0 Å². The van der Waals surface area contributed by atoms with Gasteiger partial charge in [0, 0.05) is 6.54 Å². The molecule has 0 bridgehead atoms. The Kier molecular flexibility index (Phi) is 5.58. The molecule has 0 aromatic heterocycles. The number of amides is 4. The summed E-state index contributed by atoms with van der Waals surface area (Å²) in [6.45, 7) is -0.249. The molecule has 0 radical (unpaired) electrons. The van der Waals surface area contributed by atoms with E-state index in [0.717, 1.165) is 5.56 Å². The van der Waals surface area contributed by atoms with Crippen LogP contribution in [0.2, 0.25) is 0 Å². The molecule has 152 valence electrons. The molecule has 1 aliphatic rings. The molecule has 0 spiro atoms. The molecule has 29 heavy (non-hydrogen) atoms. The van der Waals surface area contributed by atoms with Crippen LogP contribution in [0.5, 0.6) is 0 Å². The van der Waals surface area contributed by atoms with Crippen LogP contribution in [0, 0.1) is 0 Å². The van der Waals surface area contributed by atoms with Crippen LogP contribution < -0.4 is 10.6 Å². The summed E-state index contributed by atoms with van der Waals surface area (Å²) in [5.74, 6) is -2.58. The van der Waals surface area contributed by atoms with E-state index in [4.69, 9.17) is 0 Å². The van der Waals surface area contributed by atoms with Gasteiger partial charge in [-0.3, -0.25) is 19.8 Å². The zero-order chi connectivity index (χ0) is 21.1. The maximum Gasteiger partial charge on any atom is 0.440 e. The fourth-order valence-corrected chi connectivity index (χ4v) is 3.05. The van der Waals surface area contributed by atoms with E-state index in [0.29, 0.717) is 10.5 Å². The van der Waals surface area contributed by atoms with Gasteiger partial charge < -0.3 is 5.32 Å². The number of carbonyl (C=O) groups is 3. The SMILES string of the molecule is O=C(Cc1ccccc1)NC1(C(F)(F)F)NC(=O)N(CCc2ccccc2)C1=O. The van der Waals surface area contributed by atoms with Gasteiger partial charge in [-0.05, 0) is 17.5 Å². The van der Waals surface area contributed by atoms with Crippen molar-refractivity contribution < 1.29 is 27.6 Å². The average molecular weight is 405 g/mol. The van der Waals surface area contributed by atoms with Crippen molar-refractivity contribution in [2.45, 2.75) is 24.7 Å². The lowest BCUT2D eigenvalue weighted by Gasteiger charge is -2.30. The number of nitrogens with one attached hydrogen (secondary N) is 2. The van der Waals surface area contributed by atoms with Crippen LogP contribution in [0.4, 0.5) is 18.0 Å². The lowest BCUT2D eigenvalue weighted by molar-refractivity contribution is -0.204. The van der Waals surface area contributed by atoms with Gasteiger partial charge >= 0.3 is 12.2 Å². The highest BCUT2D eigenvalue weighted by Gasteiger charge is 2.68. The standard InChI is InChI=1S/C20H18F3N3O3/c21-20(22,23)19(24-16(27)13-15-9-5-2-6-10-15)17(28)26(18(29)25-19)12-11-14-7-3-1-4-8-14/h1-10H,11-13H2,(H,24,27)(H,25,29). The highest BCUT2D eigenvalue weighted by molar-refractivity contribution is 6.09. The van der Waals surface area contributed by atoms with E-state index in [1.807, 2.05) is 0 Å². The molecule has 1 aliphatic heterocycles. The number of nitrogens with zero attached hydrogens (tertiary/aromatic N) is 1. The van der Waals surface area contributed by atoms with Crippen molar-refractivity contribution in [2.24, 2.45) is 0 Å². The third-order valence-electron chi connectivity index (χ3n) is 4.53. The van der Waals surface area contributed by atoms with Gasteiger partial charge in [-0.1, -0.05) is 60.7 Å². The van der Waals surface area contributed by atoms with Crippen LogP contribution in [0.25, 0.3) is 0 Å². The van der Waals surface area contributed by atoms with Crippen molar-refractivity contribution in [1.29, 1.82) is 0 Å². The van der Waals surface area contributed by atoms with E-state index in [1.165, 1.54) is 0 Å². The number of hydrogen-bond acceptors (Lipinski definition) is 3. The molecule has 1 heterocycles. The number of carbonyl (C=O) groups excluding carboxylic acids is 3. The molecule has 1 unspecified atom stereocenters. The summed E-state index contributed by atoms with van der Waals surface area (Å²) in [5, 5.41) is 3.34. The quantitative estimate of drug-likeness (QED) is 0.725. The van der Waals surface area contributed by atoms with E-state index in [-0.39, 0.29) is 19.4 Å². The number of hydrogen-bond donors (Lipinski definition) is 2. The maximum atomic E-state index is 13.8. The van der Waals surface area contributed by atoms with E-state index < -0.39 is 29.7 Å². The van der Waals surface area contributed by atoms with Gasteiger partial charge in [0.05, 0.1) is 6.42 Å². The minimum Gasteiger partial charge on any atom is -0.318 e. The summed E-state index contributed by atoms with van der Waals surface area (Å²) >= 11 is 0. The first kappa shape index (κ1) is 20.4. The van der Waals surface area contributed by atoms with Gasteiger partial charge in [0.15, 0.2) is 0 Å². The van der Waals surface area contributed by atoms with Crippen LogP contribution in [-0.2, 0) is 22.4 Å². The van der Waals surface area contributed by atoms with E-state index in [9.17, 15) is 27.6 Å². The molecule has 9 heteroatoms. The van der Waals surface area contributed by atoms with Crippen molar-refractivity contribution in [2.75, 3.05) is 6.54 Å². The van der Waals surface area contributed by atoms with Crippen LogP contribution in [0.1, 0.15) is 11.1 Å². The molecular weight excluding hydrogens is 387 g/mol. The second kappa shape index (κ2) is 7.94. The highest BCUT2D eigenvalue weighted by atomic mass is 19.4. The molecule has 2 aromatic rings. The normalized spacial score (nSPS) is 19.2. The maximum absolute atomic E-state index is 13.8. The first-order valence-corrected chi connectivity index (χ1v) is 8.82. The number of benzene rings is 2.